The van der Waals surface area contributed by atoms with E-state index < -0.39 is 0 Å². The molecule has 1 aromatic carbocycles. The Morgan fingerprint density at radius 1 is 1.42 bits per heavy atom. The van der Waals surface area contributed by atoms with Crippen LogP contribution in [0.25, 0.3) is 5.03 Å². The van der Waals surface area contributed by atoms with Gasteiger partial charge in [0.1, 0.15) is 0 Å². The van der Waals surface area contributed by atoms with Gasteiger partial charge in [-0.3, -0.25) is 0 Å². The van der Waals surface area contributed by atoms with Crippen LogP contribution in [-0.2, 0) is 0 Å². The monoisotopic (exact) mass is 178 g/mol. The zero-order chi connectivity index (χ0) is 8.97. The van der Waals surface area contributed by atoms with Crippen LogP contribution in [0.4, 0.5) is 0 Å². The van der Waals surface area contributed by atoms with Crippen molar-refractivity contribution in [3.8, 4) is 0 Å². The van der Waals surface area contributed by atoms with E-state index >= 15 is 0 Å². The molecule has 0 atom stereocenters. The summed E-state index contributed by atoms with van der Waals surface area (Å²) in [5.41, 5.74) is 2.25. The lowest BCUT2D eigenvalue weighted by atomic mass is 10.1. The highest BCUT2D eigenvalue weighted by Crippen LogP contribution is 2.21. The Morgan fingerprint density at radius 2 is 2.08 bits per heavy atom. The number of hydrogen-bond donors (Lipinski definition) is 0. The Hall–Kier alpha value is -1.01. The van der Waals surface area contributed by atoms with Crippen LogP contribution in [0.2, 0.25) is 0 Å². The first-order valence-electron chi connectivity index (χ1n) is 3.80. The second-order valence-corrected chi connectivity index (χ2v) is 2.97. The smallest absolute Gasteiger partial charge is 0.0480 e. The van der Waals surface area contributed by atoms with Crippen molar-refractivity contribution >= 4 is 16.6 Å². The molecule has 0 heterocycles. The first-order valence-corrected chi connectivity index (χ1v) is 4.17. The molecule has 1 aromatic rings. The van der Waals surface area contributed by atoms with E-state index in [9.17, 15) is 0 Å². The number of benzene rings is 1. The molecule has 0 aromatic heterocycles. The van der Waals surface area contributed by atoms with Crippen LogP contribution in [0.15, 0.2) is 43.0 Å². The molecule has 0 spiro atoms. The van der Waals surface area contributed by atoms with Gasteiger partial charge in [-0.15, -0.1) is 0 Å². The van der Waals surface area contributed by atoms with Crippen molar-refractivity contribution in [3.63, 3.8) is 0 Å². The van der Waals surface area contributed by atoms with Gasteiger partial charge in [0.15, 0.2) is 0 Å². The Bertz CT molecular complexity index is 311. The maximum atomic E-state index is 6.00. The van der Waals surface area contributed by atoms with Gasteiger partial charge in [-0.1, -0.05) is 48.5 Å². The summed E-state index contributed by atoms with van der Waals surface area (Å²) in [5, 5.41) is 0.739. The van der Waals surface area contributed by atoms with Crippen LogP contribution >= 0.6 is 11.6 Å². The van der Waals surface area contributed by atoms with Crippen molar-refractivity contribution in [3.05, 3.63) is 54.1 Å². The minimum atomic E-state index is 0.739. The minimum absolute atomic E-state index is 0.739. The molecule has 0 aliphatic rings. The minimum Gasteiger partial charge on any atom is -0.0990 e. The van der Waals surface area contributed by atoms with Crippen LogP contribution in [0.1, 0.15) is 11.1 Å². The number of halogens is 1. The largest absolute Gasteiger partial charge is 0.0990 e. The number of aryl methyl sites for hydroxylation is 1. The van der Waals surface area contributed by atoms with Crippen molar-refractivity contribution in [1.29, 1.82) is 0 Å². The molecule has 0 bridgehead atoms. The van der Waals surface area contributed by atoms with Gasteiger partial charge in [0, 0.05) is 5.03 Å². The molecule has 1 rings (SSSR count). The van der Waals surface area contributed by atoms with E-state index in [-0.39, 0.29) is 0 Å². The standard InChI is InChI=1S/C11H11Cl/c1-3-6-11(12)10-8-5-4-7-9(10)2/h3-8H,1H2,2H3/b11-6+. The van der Waals surface area contributed by atoms with E-state index in [1.165, 1.54) is 5.56 Å². The zero-order valence-electron chi connectivity index (χ0n) is 7.05. The maximum Gasteiger partial charge on any atom is 0.0480 e. The highest BCUT2D eigenvalue weighted by atomic mass is 35.5. The Morgan fingerprint density at radius 3 is 2.67 bits per heavy atom. The third-order valence-corrected chi connectivity index (χ3v) is 2.00. The summed E-state index contributed by atoms with van der Waals surface area (Å²) in [6.07, 6.45) is 3.48. The molecular weight excluding hydrogens is 168 g/mol. The molecule has 0 nitrogen and oxygen atoms in total. The Kier molecular flexibility index (Phi) is 3.12. The highest BCUT2D eigenvalue weighted by Gasteiger charge is 1.98. The van der Waals surface area contributed by atoms with Crippen LogP contribution in [0.5, 0.6) is 0 Å². The van der Waals surface area contributed by atoms with Gasteiger partial charge < -0.3 is 0 Å². The molecule has 0 saturated carbocycles. The normalized spacial score (nSPS) is 11.3. The summed E-state index contributed by atoms with van der Waals surface area (Å²) >= 11 is 6.00. The van der Waals surface area contributed by atoms with Crippen molar-refractivity contribution in [2.75, 3.05) is 0 Å². The summed E-state index contributed by atoms with van der Waals surface area (Å²) in [4.78, 5) is 0. The first-order chi connectivity index (χ1) is 5.75. The second kappa shape index (κ2) is 4.13. The average molecular weight is 179 g/mol. The molecule has 0 N–H and O–H groups in total. The van der Waals surface area contributed by atoms with Crippen LogP contribution < -0.4 is 0 Å². The van der Waals surface area contributed by atoms with Gasteiger partial charge in [-0.2, -0.15) is 0 Å². The molecule has 0 amide bonds. The number of allylic oxidation sites excluding steroid dienone is 2. The molecule has 1 heteroatoms. The van der Waals surface area contributed by atoms with Crippen molar-refractivity contribution in [1.82, 2.24) is 0 Å². The van der Waals surface area contributed by atoms with E-state index in [0.717, 1.165) is 10.6 Å². The number of rotatable bonds is 2. The zero-order valence-corrected chi connectivity index (χ0v) is 7.81. The van der Waals surface area contributed by atoms with Crippen molar-refractivity contribution in [2.45, 2.75) is 6.92 Å². The topological polar surface area (TPSA) is 0 Å². The first kappa shape index (κ1) is 9.08. The van der Waals surface area contributed by atoms with E-state index in [2.05, 4.69) is 6.58 Å². The van der Waals surface area contributed by atoms with Gasteiger partial charge in [0.2, 0.25) is 0 Å². The summed E-state index contributed by atoms with van der Waals surface area (Å²) in [7, 11) is 0. The third kappa shape index (κ3) is 1.99. The SMILES string of the molecule is C=C/C=C(/Cl)c1ccccc1C. The Labute approximate surface area is 78.2 Å². The van der Waals surface area contributed by atoms with Crippen LogP contribution in [0, 0.1) is 6.92 Å². The van der Waals surface area contributed by atoms with Crippen molar-refractivity contribution < 1.29 is 0 Å². The molecule has 12 heavy (non-hydrogen) atoms. The fourth-order valence-electron chi connectivity index (χ4n) is 1.03. The van der Waals surface area contributed by atoms with Gasteiger partial charge >= 0.3 is 0 Å². The molecule has 0 aliphatic heterocycles. The average Bonchev–Trinajstić information content (AvgIpc) is 2.05. The summed E-state index contributed by atoms with van der Waals surface area (Å²) in [6.45, 7) is 5.63. The van der Waals surface area contributed by atoms with Gasteiger partial charge in [0.25, 0.3) is 0 Å². The lowest BCUT2D eigenvalue weighted by Gasteiger charge is -2.01. The van der Waals surface area contributed by atoms with Crippen LogP contribution in [-0.4, -0.2) is 0 Å². The van der Waals surface area contributed by atoms with E-state index in [4.69, 9.17) is 11.6 Å². The summed E-state index contributed by atoms with van der Waals surface area (Å²) < 4.78 is 0. The number of hydrogen-bond acceptors (Lipinski definition) is 0. The molecular formula is C11H11Cl. The van der Waals surface area contributed by atoms with Crippen molar-refractivity contribution in [2.24, 2.45) is 0 Å². The fraction of sp³-hybridized carbons (Fsp3) is 0.0909. The van der Waals surface area contributed by atoms with Crippen LogP contribution in [0.3, 0.4) is 0 Å². The summed E-state index contributed by atoms with van der Waals surface area (Å²) in [6, 6.07) is 8.00. The van der Waals surface area contributed by atoms with Gasteiger partial charge in [-0.05, 0) is 24.1 Å². The third-order valence-electron chi connectivity index (χ3n) is 1.67. The lowest BCUT2D eigenvalue weighted by Crippen LogP contribution is -1.81. The molecule has 62 valence electrons. The molecule has 0 radical (unpaired) electrons. The molecule has 0 saturated heterocycles. The fourth-order valence-corrected chi connectivity index (χ4v) is 1.34. The predicted molar refractivity (Wildman–Crippen MR) is 55.2 cm³/mol. The lowest BCUT2D eigenvalue weighted by molar-refractivity contribution is 1.44. The quantitative estimate of drug-likeness (QED) is 0.605. The van der Waals surface area contributed by atoms with E-state index in [1.807, 2.05) is 31.2 Å². The molecule has 0 aliphatic carbocycles. The van der Waals surface area contributed by atoms with Gasteiger partial charge in [0.05, 0.1) is 0 Å². The predicted octanol–water partition coefficient (Wildman–Crippen LogP) is 3.76. The van der Waals surface area contributed by atoms with Gasteiger partial charge in [-0.25, -0.2) is 0 Å². The molecule has 0 fully saturated rings. The summed E-state index contributed by atoms with van der Waals surface area (Å²) in [5.74, 6) is 0. The maximum absolute atomic E-state index is 6.00. The Balaban J connectivity index is 3.10. The van der Waals surface area contributed by atoms with E-state index in [0.29, 0.717) is 0 Å². The highest BCUT2D eigenvalue weighted by molar-refractivity contribution is 6.49. The second-order valence-electron chi connectivity index (χ2n) is 2.57. The molecule has 0 unspecified atom stereocenters. The van der Waals surface area contributed by atoms with E-state index in [1.54, 1.807) is 12.2 Å².